The molecule has 0 spiro atoms. The van der Waals surface area contributed by atoms with Crippen molar-refractivity contribution in [3.8, 4) is 17.0 Å². The largest absolute Gasteiger partial charge is 0.497 e. The van der Waals surface area contributed by atoms with Crippen molar-refractivity contribution in [3.05, 3.63) is 70.0 Å². The molecular formula is C22H21ClN4O4. The first-order valence-electron chi connectivity index (χ1n) is 9.51. The van der Waals surface area contributed by atoms with Crippen LogP contribution in [0.15, 0.2) is 59.4 Å². The predicted molar refractivity (Wildman–Crippen MR) is 119 cm³/mol. The van der Waals surface area contributed by atoms with Gasteiger partial charge in [0.1, 0.15) is 18.0 Å². The number of rotatable bonds is 7. The van der Waals surface area contributed by atoms with Crippen molar-refractivity contribution in [2.75, 3.05) is 17.7 Å². The monoisotopic (exact) mass is 440 g/mol. The third-order valence-electron chi connectivity index (χ3n) is 4.36. The van der Waals surface area contributed by atoms with Gasteiger partial charge in [-0.25, -0.2) is 4.68 Å². The van der Waals surface area contributed by atoms with Crippen molar-refractivity contribution in [1.29, 1.82) is 0 Å². The second-order valence-electron chi connectivity index (χ2n) is 6.59. The number of carbonyl (C=O) groups is 2. The second kappa shape index (κ2) is 9.90. The summed E-state index contributed by atoms with van der Waals surface area (Å²) >= 11 is 5.95. The number of nitrogens with zero attached hydrogens (tertiary/aromatic N) is 2. The van der Waals surface area contributed by atoms with Gasteiger partial charge in [0, 0.05) is 28.8 Å². The van der Waals surface area contributed by atoms with Crippen molar-refractivity contribution in [2.24, 2.45) is 0 Å². The molecule has 0 atom stereocenters. The highest BCUT2D eigenvalue weighted by atomic mass is 35.5. The lowest BCUT2D eigenvalue weighted by molar-refractivity contribution is -0.117. The molecule has 0 aliphatic rings. The molecule has 1 aromatic heterocycles. The summed E-state index contributed by atoms with van der Waals surface area (Å²) in [4.78, 5) is 37.2. The van der Waals surface area contributed by atoms with Gasteiger partial charge in [0.2, 0.25) is 11.8 Å². The van der Waals surface area contributed by atoms with Crippen LogP contribution in [0.1, 0.15) is 13.3 Å². The molecule has 2 aromatic carbocycles. The average molecular weight is 441 g/mol. The van der Waals surface area contributed by atoms with E-state index in [4.69, 9.17) is 16.3 Å². The van der Waals surface area contributed by atoms with Gasteiger partial charge in [0.15, 0.2) is 0 Å². The van der Waals surface area contributed by atoms with Gasteiger partial charge in [-0.1, -0.05) is 36.7 Å². The lowest BCUT2D eigenvalue weighted by atomic mass is 10.1. The Bertz CT molecular complexity index is 1160. The van der Waals surface area contributed by atoms with Gasteiger partial charge in [-0.15, -0.1) is 0 Å². The first-order valence-corrected chi connectivity index (χ1v) is 9.89. The lowest BCUT2D eigenvalue weighted by Crippen LogP contribution is -2.32. The molecule has 31 heavy (non-hydrogen) atoms. The summed E-state index contributed by atoms with van der Waals surface area (Å²) in [5.41, 5.74) is 1.07. The van der Waals surface area contributed by atoms with Crippen LogP contribution in [0.25, 0.3) is 11.3 Å². The zero-order chi connectivity index (χ0) is 22.4. The summed E-state index contributed by atoms with van der Waals surface area (Å²) in [6.45, 7) is 1.34. The highest BCUT2D eigenvalue weighted by Crippen LogP contribution is 2.21. The molecule has 0 fully saturated rings. The summed E-state index contributed by atoms with van der Waals surface area (Å²) in [6.07, 6.45) is 0.203. The number of amides is 2. The summed E-state index contributed by atoms with van der Waals surface area (Å²) in [6, 6.07) is 15.2. The van der Waals surface area contributed by atoms with Crippen molar-refractivity contribution in [1.82, 2.24) is 9.78 Å². The van der Waals surface area contributed by atoms with Crippen molar-refractivity contribution < 1.29 is 14.3 Å². The van der Waals surface area contributed by atoms with Gasteiger partial charge in [-0.2, -0.15) is 5.10 Å². The molecule has 0 radical (unpaired) electrons. The number of benzene rings is 2. The molecule has 9 heteroatoms. The number of nitrogens with one attached hydrogen (secondary N) is 2. The Morgan fingerprint density at radius 2 is 1.81 bits per heavy atom. The van der Waals surface area contributed by atoms with E-state index >= 15 is 0 Å². The maximum absolute atomic E-state index is 12.8. The predicted octanol–water partition coefficient (Wildman–Crippen LogP) is 3.56. The number of halogens is 1. The van der Waals surface area contributed by atoms with Gasteiger partial charge < -0.3 is 15.4 Å². The molecule has 0 bridgehead atoms. The van der Waals surface area contributed by atoms with Crippen LogP contribution >= 0.6 is 11.6 Å². The maximum Gasteiger partial charge on any atom is 0.291 e. The molecular weight excluding hydrogens is 420 g/mol. The quantitative estimate of drug-likeness (QED) is 0.584. The van der Waals surface area contributed by atoms with E-state index in [2.05, 4.69) is 15.7 Å². The minimum absolute atomic E-state index is 0.0426. The van der Waals surface area contributed by atoms with Crippen LogP contribution in [-0.2, 0) is 16.1 Å². The average Bonchev–Trinajstić information content (AvgIpc) is 2.76. The fourth-order valence-corrected chi connectivity index (χ4v) is 2.90. The third kappa shape index (κ3) is 5.70. The summed E-state index contributed by atoms with van der Waals surface area (Å²) in [7, 11) is 1.53. The molecule has 8 nitrogen and oxygen atoms in total. The van der Waals surface area contributed by atoms with E-state index in [0.29, 0.717) is 27.7 Å². The number of hydrogen-bond donors (Lipinski definition) is 2. The van der Waals surface area contributed by atoms with E-state index in [0.717, 1.165) is 4.68 Å². The first kappa shape index (κ1) is 22.0. The Labute approximate surface area is 183 Å². The molecule has 0 aliphatic heterocycles. The summed E-state index contributed by atoms with van der Waals surface area (Å²) in [5.74, 6) is -0.191. The van der Waals surface area contributed by atoms with E-state index in [-0.39, 0.29) is 24.6 Å². The van der Waals surface area contributed by atoms with Crippen molar-refractivity contribution in [2.45, 2.75) is 19.9 Å². The number of ether oxygens (including phenoxy) is 1. The second-order valence-corrected chi connectivity index (χ2v) is 7.03. The van der Waals surface area contributed by atoms with Crippen LogP contribution in [0.2, 0.25) is 5.02 Å². The van der Waals surface area contributed by atoms with Gasteiger partial charge in [-0.3, -0.25) is 14.4 Å². The SMILES string of the molecule is CCC(=O)Nc1cc(-c2ccc(Cl)cc2)nn(CC(=O)Nc2cccc(OC)c2)c1=O. The van der Waals surface area contributed by atoms with E-state index in [1.807, 2.05) is 0 Å². The molecule has 3 aromatic rings. The highest BCUT2D eigenvalue weighted by Gasteiger charge is 2.15. The number of aromatic nitrogens is 2. The van der Waals surface area contributed by atoms with Crippen LogP contribution in [0, 0.1) is 0 Å². The fraction of sp³-hybridized carbons (Fsp3) is 0.182. The molecule has 0 aliphatic carbocycles. The summed E-state index contributed by atoms with van der Waals surface area (Å²) in [5, 5.41) is 10.1. The lowest BCUT2D eigenvalue weighted by Gasteiger charge is -2.12. The Morgan fingerprint density at radius 1 is 1.06 bits per heavy atom. The van der Waals surface area contributed by atoms with E-state index in [9.17, 15) is 14.4 Å². The molecule has 2 N–H and O–H groups in total. The van der Waals surface area contributed by atoms with Gasteiger partial charge in [-0.05, 0) is 30.3 Å². The van der Waals surface area contributed by atoms with E-state index in [1.54, 1.807) is 55.5 Å². The van der Waals surface area contributed by atoms with E-state index in [1.165, 1.54) is 13.2 Å². The smallest absolute Gasteiger partial charge is 0.291 e. The summed E-state index contributed by atoms with van der Waals surface area (Å²) < 4.78 is 6.16. The van der Waals surface area contributed by atoms with Gasteiger partial charge >= 0.3 is 0 Å². The third-order valence-corrected chi connectivity index (χ3v) is 4.61. The molecule has 0 unspecified atom stereocenters. The van der Waals surface area contributed by atoms with Crippen molar-refractivity contribution >= 4 is 34.8 Å². The van der Waals surface area contributed by atoms with Crippen molar-refractivity contribution in [3.63, 3.8) is 0 Å². The minimum atomic E-state index is -0.583. The van der Waals surface area contributed by atoms with Gasteiger partial charge in [0.25, 0.3) is 5.56 Å². The molecule has 1 heterocycles. The molecule has 160 valence electrons. The molecule has 2 amide bonds. The Morgan fingerprint density at radius 3 is 2.48 bits per heavy atom. The fourth-order valence-electron chi connectivity index (χ4n) is 2.78. The number of carbonyl (C=O) groups excluding carboxylic acids is 2. The van der Waals surface area contributed by atoms with Crippen LogP contribution < -0.4 is 20.9 Å². The van der Waals surface area contributed by atoms with Crippen LogP contribution in [0.3, 0.4) is 0 Å². The molecule has 0 saturated carbocycles. The normalized spacial score (nSPS) is 10.4. The van der Waals surface area contributed by atoms with Crippen LogP contribution in [-0.4, -0.2) is 28.7 Å². The standard InChI is InChI=1S/C22H21ClN4O4/c1-3-20(28)25-19-12-18(14-7-9-15(23)10-8-14)26-27(22(19)30)13-21(29)24-16-5-4-6-17(11-16)31-2/h4-12H,3,13H2,1-2H3,(H,24,29)(H,25,28). The molecule has 0 saturated heterocycles. The zero-order valence-corrected chi connectivity index (χ0v) is 17.8. The number of anilines is 2. The Kier molecular flexibility index (Phi) is 7.04. The number of methoxy groups -OCH3 is 1. The maximum atomic E-state index is 12.8. The topological polar surface area (TPSA) is 102 Å². The van der Waals surface area contributed by atoms with Crippen LogP contribution in [0.5, 0.6) is 5.75 Å². The zero-order valence-electron chi connectivity index (χ0n) is 17.0. The Balaban J connectivity index is 1.93. The minimum Gasteiger partial charge on any atom is -0.497 e. The number of hydrogen-bond acceptors (Lipinski definition) is 5. The Hall–Kier alpha value is -3.65. The van der Waals surface area contributed by atoms with E-state index < -0.39 is 11.5 Å². The highest BCUT2D eigenvalue weighted by molar-refractivity contribution is 6.30. The molecule has 3 rings (SSSR count). The van der Waals surface area contributed by atoms with Gasteiger partial charge in [0.05, 0.1) is 12.8 Å². The van der Waals surface area contributed by atoms with Crippen LogP contribution in [0.4, 0.5) is 11.4 Å². The first-order chi connectivity index (χ1) is 14.9.